The van der Waals surface area contributed by atoms with Crippen molar-refractivity contribution in [3.63, 3.8) is 0 Å². The van der Waals surface area contributed by atoms with E-state index >= 15 is 0 Å². The second-order valence-electron chi connectivity index (χ2n) is 6.70. The zero-order chi connectivity index (χ0) is 18.1. The third kappa shape index (κ3) is 3.75. The molecule has 2 aliphatic rings. The smallest absolute Gasteiger partial charge is 0.162 e. The standard InChI is InChI=1S/C18H22ClN5OS/c1-11-10-25-5-4-24(11)17-9-13(14-3-2-6-26-14)21-18(23-17)12-7-15(19)22-16(20)8-12/h7-9,11,14H,2-6,10H2,1H3,(H2,20,22). The monoisotopic (exact) mass is 391 g/mol. The van der Waals surface area contributed by atoms with Crippen LogP contribution in [0.25, 0.3) is 11.4 Å². The Morgan fingerprint density at radius 1 is 1.27 bits per heavy atom. The maximum atomic E-state index is 6.10. The summed E-state index contributed by atoms with van der Waals surface area (Å²) in [4.78, 5) is 16.0. The maximum absolute atomic E-state index is 6.10. The minimum atomic E-state index is 0.279. The van der Waals surface area contributed by atoms with E-state index in [-0.39, 0.29) is 6.04 Å². The van der Waals surface area contributed by atoms with Crippen LogP contribution in [0.4, 0.5) is 11.6 Å². The number of nitrogens with zero attached hydrogens (tertiary/aromatic N) is 4. The van der Waals surface area contributed by atoms with E-state index < -0.39 is 0 Å². The largest absolute Gasteiger partial charge is 0.384 e. The van der Waals surface area contributed by atoms with E-state index in [1.807, 2.05) is 11.8 Å². The number of pyridine rings is 1. The summed E-state index contributed by atoms with van der Waals surface area (Å²) < 4.78 is 5.58. The van der Waals surface area contributed by atoms with Crippen LogP contribution >= 0.6 is 23.4 Å². The zero-order valence-corrected chi connectivity index (χ0v) is 16.3. The molecule has 0 bridgehead atoms. The molecule has 2 fully saturated rings. The number of morpholine rings is 1. The van der Waals surface area contributed by atoms with Crippen molar-refractivity contribution >= 4 is 35.0 Å². The summed E-state index contributed by atoms with van der Waals surface area (Å²) in [6, 6.07) is 5.96. The summed E-state index contributed by atoms with van der Waals surface area (Å²) in [5.41, 5.74) is 7.76. The highest BCUT2D eigenvalue weighted by Gasteiger charge is 2.25. The summed E-state index contributed by atoms with van der Waals surface area (Å²) in [5.74, 6) is 3.15. The lowest BCUT2D eigenvalue weighted by molar-refractivity contribution is 0.0985. The summed E-state index contributed by atoms with van der Waals surface area (Å²) >= 11 is 8.07. The van der Waals surface area contributed by atoms with Crippen LogP contribution in [-0.2, 0) is 4.74 Å². The van der Waals surface area contributed by atoms with Crippen molar-refractivity contribution in [3.8, 4) is 11.4 Å². The molecule has 2 unspecified atom stereocenters. The Balaban J connectivity index is 1.79. The van der Waals surface area contributed by atoms with Crippen molar-refractivity contribution in [2.24, 2.45) is 0 Å². The number of hydrogen-bond donors (Lipinski definition) is 1. The normalized spacial score (nSPS) is 23.4. The Bertz CT molecular complexity index is 779. The lowest BCUT2D eigenvalue weighted by Gasteiger charge is -2.34. The Morgan fingerprint density at radius 2 is 2.15 bits per heavy atom. The topological polar surface area (TPSA) is 77.2 Å². The van der Waals surface area contributed by atoms with E-state index in [0.717, 1.165) is 30.0 Å². The molecule has 0 saturated carbocycles. The van der Waals surface area contributed by atoms with Gasteiger partial charge in [0.1, 0.15) is 16.8 Å². The highest BCUT2D eigenvalue weighted by molar-refractivity contribution is 7.99. The number of thioether (sulfide) groups is 1. The minimum Gasteiger partial charge on any atom is -0.384 e. The van der Waals surface area contributed by atoms with E-state index in [0.29, 0.717) is 35.3 Å². The highest BCUT2D eigenvalue weighted by atomic mass is 35.5. The molecule has 2 atom stereocenters. The first kappa shape index (κ1) is 17.8. The molecule has 4 heterocycles. The molecule has 0 spiro atoms. The van der Waals surface area contributed by atoms with Crippen LogP contribution in [-0.4, -0.2) is 46.5 Å². The van der Waals surface area contributed by atoms with Crippen LogP contribution in [0, 0.1) is 0 Å². The molecular weight excluding hydrogens is 370 g/mol. The van der Waals surface area contributed by atoms with Gasteiger partial charge in [-0.25, -0.2) is 15.0 Å². The Kier molecular flexibility index (Phi) is 5.20. The molecule has 2 aromatic heterocycles. The van der Waals surface area contributed by atoms with Gasteiger partial charge in [0.15, 0.2) is 5.82 Å². The zero-order valence-electron chi connectivity index (χ0n) is 14.7. The third-order valence-electron chi connectivity index (χ3n) is 4.73. The average molecular weight is 392 g/mol. The predicted molar refractivity (Wildman–Crippen MR) is 107 cm³/mol. The van der Waals surface area contributed by atoms with Crippen molar-refractivity contribution < 1.29 is 4.74 Å². The first-order valence-corrected chi connectivity index (χ1v) is 10.3. The second kappa shape index (κ2) is 7.58. The number of halogens is 1. The molecule has 6 nitrogen and oxygen atoms in total. The fourth-order valence-corrected chi connectivity index (χ4v) is 4.88. The van der Waals surface area contributed by atoms with Crippen molar-refractivity contribution in [1.82, 2.24) is 15.0 Å². The summed E-state index contributed by atoms with van der Waals surface area (Å²) in [6.45, 7) is 4.41. The highest BCUT2D eigenvalue weighted by Crippen LogP contribution is 2.40. The molecular formula is C18H22ClN5OS. The van der Waals surface area contributed by atoms with Crippen molar-refractivity contribution in [2.75, 3.05) is 36.1 Å². The number of nitrogens with two attached hydrogens (primary N) is 1. The van der Waals surface area contributed by atoms with Gasteiger partial charge in [0.2, 0.25) is 0 Å². The molecule has 8 heteroatoms. The number of nitrogen functional groups attached to an aromatic ring is 1. The summed E-state index contributed by atoms with van der Waals surface area (Å²) in [6.07, 6.45) is 2.38. The molecule has 26 heavy (non-hydrogen) atoms. The van der Waals surface area contributed by atoms with Crippen LogP contribution in [0.2, 0.25) is 5.15 Å². The van der Waals surface area contributed by atoms with Crippen LogP contribution in [0.15, 0.2) is 18.2 Å². The maximum Gasteiger partial charge on any atom is 0.162 e. The molecule has 0 amide bonds. The Hall–Kier alpha value is -1.57. The first-order valence-electron chi connectivity index (χ1n) is 8.88. The van der Waals surface area contributed by atoms with Gasteiger partial charge < -0.3 is 15.4 Å². The summed E-state index contributed by atoms with van der Waals surface area (Å²) in [7, 11) is 0. The molecule has 0 radical (unpaired) electrons. The number of rotatable bonds is 3. The van der Waals surface area contributed by atoms with Crippen LogP contribution in [0.1, 0.15) is 30.7 Å². The van der Waals surface area contributed by atoms with Gasteiger partial charge in [0.05, 0.1) is 24.9 Å². The van der Waals surface area contributed by atoms with Crippen molar-refractivity contribution in [1.29, 1.82) is 0 Å². The quantitative estimate of drug-likeness (QED) is 0.801. The molecule has 0 aliphatic carbocycles. The second-order valence-corrected chi connectivity index (χ2v) is 8.39. The fraction of sp³-hybridized carbons (Fsp3) is 0.500. The van der Waals surface area contributed by atoms with Gasteiger partial charge >= 0.3 is 0 Å². The Labute approximate surface area is 162 Å². The molecule has 2 aromatic rings. The van der Waals surface area contributed by atoms with Gasteiger partial charge in [-0.3, -0.25) is 0 Å². The third-order valence-corrected chi connectivity index (χ3v) is 6.32. The molecule has 4 rings (SSSR count). The van der Waals surface area contributed by atoms with E-state index in [4.69, 9.17) is 32.0 Å². The molecule has 2 aliphatic heterocycles. The minimum absolute atomic E-state index is 0.279. The van der Waals surface area contributed by atoms with Gasteiger partial charge in [-0.05, 0) is 37.7 Å². The number of aromatic nitrogens is 3. The van der Waals surface area contributed by atoms with Gasteiger partial charge in [0, 0.05) is 23.4 Å². The van der Waals surface area contributed by atoms with Gasteiger partial charge in [-0.15, -0.1) is 0 Å². The van der Waals surface area contributed by atoms with Gasteiger partial charge in [0.25, 0.3) is 0 Å². The van der Waals surface area contributed by atoms with Crippen molar-refractivity contribution in [2.45, 2.75) is 31.1 Å². The molecule has 138 valence electrons. The number of hydrogen-bond acceptors (Lipinski definition) is 7. The van der Waals surface area contributed by atoms with E-state index in [1.165, 1.54) is 12.2 Å². The SMILES string of the molecule is CC1COCCN1c1cc(C2CCCS2)nc(-c2cc(N)nc(Cl)c2)n1. The van der Waals surface area contributed by atoms with Gasteiger partial charge in [-0.1, -0.05) is 11.6 Å². The lowest BCUT2D eigenvalue weighted by atomic mass is 10.1. The lowest BCUT2D eigenvalue weighted by Crippen LogP contribution is -2.44. The molecule has 2 N–H and O–H groups in total. The average Bonchev–Trinajstić information content (AvgIpc) is 3.16. The first-order chi connectivity index (χ1) is 12.6. The fourth-order valence-electron chi connectivity index (χ4n) is 3.42. The van der Waals surface area contributed by atoms with Crippen molar-refractivity contribution in [3.05, 3.63) is 29.0 Å². The van der Waals surface area contributed by atoms with Crippen LogP contribution < -0.4 is 10.6 Å². The Morgan fingerprint density at radius 3 is 2.88 bits per heavy atom. The molecule has 0 aromatic carbocycles. The number of anilines is 2. The van der Waals surface area contributed by atoms with E-state index in [9.17, 15) is 0 Å². The number of ether oxygens (including phenoxy) is 1. The van der Waals surface area contributed by atoms with E-state index in [2.05, 4.69) is 22.9 Å². The van der Waals surface area contributed by atoms with Gasteiger partial charge in [-0.2, -0.15) is 11.8 Å². The summed E-state index contributed by atoms with van der Waals surface area (Å²) in [5, 5.41) is 0.770. The molecule has 2 saturated heterocycles. The van der Waals surface area contributed by atoms with Crippen LogP contribution in [0.3, 0.4) is 0 Å². The predicted octanol–water partition coefficient (Wildman–Crippen LogP) is 3.57. The van der Waals surface area contributed by atoms with E-state index in [1.54, 1.807) is 12.1 Å². The van der Waals surface area contributed by atoms with Crippen LogP contribution in [0.5, 0.6) is 0 Å².